The average molecular weight is 348 g/mol. The van der Waals surface area contributed by atoms with Gasteiger partial charge < -0.3 is 4.74 Å². The molecule has 1 N–H and O–H groups in total. The van der Waals surface area contributed by atoms with Crippen LogP contribution in [-0.4, -0.2) is 38.4 Å². The molecule has 1 aliphatic rings. The van der Waals surface area contributed by atoms with E-state index < -0.39 is 10.0 Å². The highest BCUT2D eigenvalue weighted by molar-refractivity contribution is 9.10. The molecule has 1 aliphatic heterocycles. The van der Waals surface area contributed by atoms with Gasteiger partial charge >= 0.3 is 10.0 Å². The lowest BCUT2D eigenvalue weighted by Gasteiger charge is -2.11. The maximum absolute atomic E-state index is 12.7. The second kappa shape index (κ2) is 5.13. The average Bonchev–Trinajstić information content (AvgIpc) is 2.79. The number of nitrogens with one attached hydrogen (secondary N) is 1. The zero-order valence-corrected chi connectivity index (χ0v) is 13.4. The Balaban J connectivity index is 2.64. The minimum absolute atomic E-state index is 0.176. The predicted molar refractivity (Wildman–Crippen MR) is 76.4 cm³/mol. The molecule has 0 saturated carbocycles. The molecule has 0 fully saturated rings. The predicted octanol–water partition coefficient (Wildman–Crippen LogP) is 1.49. The van der Waals surface area contributed by atoms with Gasteiger partial charge in [0.25, 0.3) is 5.84 Å². The number of aryl methyl sites for hydroxylation is 1. The lowest BCUT2D eigenvalue weighted by molar-refractivity contribution is -0.353. The van der Waals surface area contributed by atoms with Crippen molar-refractivity contribution >= 4 is 31.8 Å². The van der Waals surface area contributed by atoms with Gasteiger partial charge in [0.05, 0.1) is 7.11 Å². The highest BCUT2D eigenvalue weighted by Crippen LogP contribution is 2.31. The maximum Gasteiger partial charge on any atom is 0.334 e. The molecule has 1 heterocycles. The van der Waals surface area contributed by atoms with Gasteiger partial charge in [-0.3, -0.25) is 5.32 Å². The smallest absolute Gasteiger partial charge is 0.334 e. The molecule has 0 aliphatic carbocycles. The summed E-state index contributed by atoms with van der Waals surface area (Å²) in [5.74, 6) is 0.999. The Kier molecular flexibility index (Phi) is 3.87. The van der Waals surface area contributed by atoms with E-state index in [1.54, 1.807) is 19.1 Å². The fourth-order valence-corrected chi connectivity index (χ4v) is 4.16. The van der Waals surface area contributed by atoms with Gasteiger partial charge in [-0.05, 0) is 24.6 Å². The van der Waals surface area contributed by atoms with Crippen LogP contribution < -0.4 is 10.1 Å². The fraction of sp³-hybridized carbons (Fsp3) is 0.417. The van der Waals surface area contributed by atoms with Gasteiger partial charge in [-0.25, -0.2) is 0 Å². The first-order chi connectivity index (χ1) is 8.87. The Morgan fingerprint density at radius 3 is 2.58 bits per heavy atom. The Morgan fingerprint density at radius 1 is 1.37 bits per heavy atom. The van der Waals surface area contributed by atoms with Crippen molar-refractivity contribution in [2.45, 2.75) is 18.7 Å². The molecule has 7 heteroatoms. The van der Waals surface area contributed by atoms with E-state index in [1.807, 2.05) is 6.92 Å². The molecule has 0 spiro atoms. The number of amidine groups is 1. The number of hydrogen-bond acceptors (Lipinski definition) is 4. The zero-order valence-electron chi connectivity index (χ0n) is 11.0. The van der Waals surface area contributed by atoms with Crippen LogP contribution in [0.5, 0.6) is 5.75 Å². The minimum atomic E-state index is -3.59. The number of ether oxygens (including phenoxy) is 1. The Labute approximate surface area is 121 Å². The van der Waals surface area contributed by atoms with E-state index in [-0.39, 0.29) is 4.90 Å². The molecule has 0 saturated heterocycles. The van der Waals surface area contributed by atoms with E-state index in [0.29, 0.717) is 24.7 Å². The first-order valence-electron chi connectivity index (χ1n) is 5.82. The van der Waals surface area contributed by atoms with Crippen LogP contribution in [0, 0.1) is 6.92 Å². The Bertz CT molecular complexity index is 653. The summed E-state index contributed by atoms with van der Waals surface area (Å²) in [7, 11) is -2.12. The number of hydrogen-bond donors (Lipinski definition) is 1. The summed E-state index contributed by atoms with van der Waals surface area (Å²) < 4.78 is 32.6. The molecule has 0 radical (unpaired) electrons. The third kappa shape index (κ3) is 2.49. The number of sulfonamides is 1. The van der Waals surface area contributed by atoms with Crippen molar-refractivity contribution in [2.75, 3.05) is 20.2 Å². The molecule has 19 heavy (non-hydrogen) atoms. The molecule has 0 aromatic heterocycles. The number of benzene rings is 1. The van der Waals surface area contributed by atoms with Crippen LogP contribution in [0.2, 0.25) is 0 Å². The lowest BCUT2D eigenvalue weighted by atomic mass is 10.2. The topological polar surface area (TPSA) is 58.4 Å². The van der Waals surface area contributed by atoms with Crippen molar-refractivity contribution in [3.05, 3.63) is 22.2 Å². The summed E-state index contributed by atoms with van der Waals surface area (Å²) in [5, 5.41) is 3.02. The van der Waals surface area contributed by atoms with Gasteiger partial charge in [-0.15, -0.1) is 3.98 Å². The van der Waals surface area contributed by atoms with Crippen LogP contribution in [-0.2, 0) is 10.0 Å². The van der Waals surface area contributed by atoms with Gasteiger partial charge in [-0.2, -0.15) is 8.42 Å². The molecule has 5 nitrogen and oxygen atoms in total. The summed E-state index contributed by atoms with van der Waals surface area (Å²) in [6, 6.07) is 3.31. The Morgan fingerprint density at radius 2 is 2.05 bits per heavy atom. The molecule has 0 unspecified atom stereocenters. The van der Waals surface area contributed by atoms with Crippen molar-refractivity contribution in [3.63, 3.8) is 0 Å². The molecule has 104 valence electrons. The van der Waals surface area contributed by atoms with Crippen LogP contribution >= 0.6 is 15.9 Å². The third-order valence-electron chi connectivity index (χ3n) is 3.08. The monoisotopic (exact) mass is 347 g/mol. The maximum atomic E-state index is 12.7. The number of nitrogens with zero attached hydrogens (tertiary/aromatic N) is 1. The molecule has 2 rings (SSSR count). The van der Waals surface area contributed by atoms with Crippen molar-refractivity contribution in [3.8, 4) is 5.75 Å². The SMILES string of the molecule is COc1cc(C)c(Br)cc1S(=O)(=O)[N+]1=C(C)NCC1. The second-order valence-electron chi connectivity index (χ2n) is 4.34. The quantitative estimate of drug-likeness (QED) is 0.841. The zero-order chi connectivity index (χ0) is 14.2. The highest BCUT2D eigenvalue weighted by Gasteiger charge is 2.33. The largest absolute Gasteiger partial charge is 0.495 e. The fourth-order valence-electron chi connectivity index (χ4n) is 2.01. The van der Waals surface area contributed by atoms with Crippen LogP contribution in [0.15, 0.2) is 21.5 Å². The molecule has 0 bridgehead atoms. The number of halogens is 1. The molecule has 1 aromatic rings. The summed E-state index contributed by atoms with van der Waals surface area (Å²) >= 11 is 3.36. The van der Waals surface area contributed by atoms with E-state index in [1.165, 1.54) is 11.1 Å². The minimum Gasteiger partial charge on any atom is -0.495 e. The number of rotatable bonds is 3. The molecule has 0 amide bonds. The van der Waals surface area contributed by atoms with Gasteiger partial charge in [0.15, 0.2) is 4.90 Å². The van der Waals surface area contributed by atoms with E-state index >= 15 is 0 Å². The highest BCUT2D eigenvalue weighted by atomic mass is 79.9. The van der Waals surface area contributed by atoms with Crippen molar-refractivity contribution in [1.82, 2.24) is 5.32 Å². The Hall–Kier alpha value is -1.08. The summed E-state index contributed by atoms with van der Waals surface area (Å²) in [5.41, 5.74) is 0.927. The van der Waals surface area contributed by atoms with E-state index in [0.717, 1.165) is 10.0 Å². The molecular formula is C12H16BrN2O3S+. The summed E-state index contributed by atoms with van der Waals surface area (Å²) in [6.45, 7) is 4.70. The van der Waals surface area contributed by atoms with E-state index in [9.17, 15) is 8.42 Å². The van der Waals surface area contributed by atoms with Gasteiger partial charge in [0, 0.05) is 11.4 Å². The van der Waals surface area contributed by atoms with E-state index in [2.05, 4.69) is 21.2 Å². The first kappa shape index (κ1) is 14.3. The van der Waals surface area contributed by atoms with Gasteiger partial charge in [0.2, 0.25) is 0 Å². The van der Waals surface area contributed by atoms with Crippen LogP contribution in [0.3, 0.4) is 0 Å². The first-order valence-corrected chi connectivity index (χ1v) is 8.05. The van der Waals surface area contributed by atoms with Crippen LogP contribution in [0.4, 0.5) is 0 Å². The molecule has 1 aromatic carbocycles. The third-order valence-corrected chi connectivity index (χ3v) is 5.85. The summed E-state index contributed by atoms with van der Waals surface area (Å²) in [6.07, 6.45) is 0. The molecular weight excluding hydrogens is 332 g/mol. The van der Waals surface area contributed by atoms with Gasteiger partial charge in [0.1, 0.15) is 18.8 Å². The lowest BCUT2D eigenvalue weighted by Crippen LogP contribution is -2.25. The van der Waals surface area contributed by atoms with Crippen molar-refractivity contribution < 1.29 is 17.1 Å². The van der Waals surface area contributed by atoms with Crippen molar-refractivity contribution in [2.24, 2.45) is 0 Å². The number of methoxy groups -OCH3 is 1. The van der Waals surface area contributed by atoms with Crippen molar-refractivity contribution in [1.29, 1.82) is 0 Å². The van der Waals surface area contributed by atoms with Crippen LogP contribution in [0.1, 0.15) is 12.5 Å². The van der Waals surface area contributed by atoms with Gasteiger partial charge in [-0.1, -0.05) is 15.9 Å². The molecule has 0 atom stereocenters. The normalized spacial score (nSPS) is 15.6. The standard InChI is InChI=1S/C12H15BrN2O3S/c1-8-6-11(18-3)12(7-10(8)13)19(16,17)15-5-4-14-9(15)2/h6-7H,4-5H2,1-3H3/p+1. The second-order valence-corrected chi connectivity index (χ2v) is 7.03. The van der Waals surface area contributed by atoms with E-state index in [4.69, 9.17) is 4.74 Å². The summed E-state index contributed by atoms with van der Waals surface area (Å²) in [4.78, 5) is 0.176. The van der Waals surface area contributed by atoms with Crippen LogP contribution in [0.25, 0.3) is 0 Å².